The van der Waals surface area contributed by atoms with E-state index in [1.54, 1.807) is 4.90 Å². The van der Waals surface area contributed by atoms with E-state index in [0.717, 1.165) is 6.07 Å². The minimum atomic E-state index is -4.05. The minimum absolute atomic E-state index is 0.0396. The molecule has 0 unspecified atom stereocenters. The van der Waals surface area contributed by atoms with Crippen molar-refractivity contribution in [3.05, 3.63) is 58.1 Å². The molecular formula is C19H21Cl2N3O4S. The molecule has 29 heavy (non-hydrogen) atoms. The lowest BCUT2D eigenvalue weighted by atomic mass is 10.2. The second kappa shape index (κ2) is 9.96. The topological polar surface area (TPSA) is 95.6 Å². The Bertz CT molecular complexity index is 991. The molecule has 0 atom stereocenters. The normalized spacial score (nSPS) is 11.0. The van der Waals surface area contributed by atoms with Crippen LogP contribution < -0.4 is 10.0 Å². The number of anilines is 1. The van der Waals surface area contributed by atoms with E-state index in [-0.39, 0.29) is 27.9 Å². The van der Waals surface area contributed by atoms with Crippen molar-refractivity contribution < 1.29 is 18.0 Å². The first-order chi connectivity index (χ1) is 13.7. The number of carbonyl (C=O) groups excluding carboxylic acids is 2. The largest absolute Gasteiger partial charge is 0.343 e. The maximum atomic E-state index is 12.7. The van der Waals surface area contributed by atoms with Gasteiger partial charge in [-0.05, 0) is 56.3 Å². The van der Waals surface area contributed by atoms with Gasteiger partial charge in [0.15, 0.2) is 0 Å². The van der Waals surface area contributed by atoms with Gasteiger partial charge < -0.3 is 10.2 Å². The number of hydrogen-bond acceptors (Lipinski definition) is 4. The molecule has 156 valence electrons. The lowest BCUT2D eigenvalue weighted by Gasteiger charge is -2.18. The zero-order chi connectivity index (χ0) is 21.6. The van der Waals surface area contributed by atoms with Crippen LogP contribution in [0.1, 0.15) is 24.2 Å². The predicted octanol–water partition coefficient (Wildman–Crippen LogP) is 3.39. The summed E-state index contributed by atoms with van der Waals surface area (Å²) >= 11 is 11.9. The van der Waals surface area contributed by atoms with Crippen LogP contribution in [0.5, 0.6) is 0 Å². The van der Waals surface area contributed by atoms with E-state index in [1.165, 1.54) is 36.4 Å². The van der Waals surface area contributed by atoms with Crippen molar-refractivity contribution in [2.24, 2.45) is 0 Å². The van der Waals surface area contributed by atoms with Gasteiger partial charge in [0, 0.05) is 29.4 Å². The van der Waals surface area contributed by atoms with Crippen molar-refractivity contribution >= 4 is 50.7 Å². The SMILES string of the molecule is CCN(CC)C(=O)CNC(=O)c1ccc(Cl)c(S(=O)(=O)Nc2ccc(Cl)cc2)c1. The molecule has 0 saturated carbocycles. The molecule has 0 fully saturated rings. The van der Waals surface area contributed by atoms with Crippen molar-refractivity contribution in [1.29, 1.82) is 0 Å². The summed E-state index contributed by atoms with van der Waals surface area (Å²) < 4.78 is 27.8. The second-order valence-corrected chi connectivity index (χ2v) is 8.50. The van der Waals surface area contributed by atoms with Gasteiger partial charge in [-0.15, -0.1) is 0 Å². The fourth-order valence-corrected chi connectivity index (χ4v) is 4.24. The van der Waals surface area contributed by atoms with Gasteiger partial charge in [-0.25, -0.2) is 8.42 Å². The van der Waals surface area contributed by atoms with Crippen LogP contribution in [0.15, 0.2) is 47.4 Å². The molecule has 0 aliphatic carbocycles. The molecule has 2 aromatic rings. The molecule has 10 heteroatoms. The smallest absolute Gasteiger partial charge is 0.263 e. The Morgan fingerprint density at radius 2 is 1.62 bits per heavy atom. The molecule has 0 radical (unpaired) electrons. The number of rotatable bonds is 8. The van der Waals surface area contributed by atoms with Crippen LogP contribution >= 0.6 is 23.2 Å². The standard InChI is InChI=1S/C19H21Cl2N3O4S/c1-3-24(4-2)18(25)12-22-19(26)13-5-10-16(21)17(11-13)29(27,28)23-15-8-6-14(20)7-9-15/h5-11,23H,3-4,12H2,1-2H3,(H,22,26). The van der Waals surface area contributed by atoms with E-state index in [4.69, 9.17) is 23.2 Å². The quantitative estimate of drug-likeness (QED) is 0.634. The Kier molecular flexibility index (Phi) is 7.89. The number of amides is 2. The van der Waals surface area contributed by atoms with Crippen LogP contribution in [0.25, 0.3) is 0 Å². The number of likely N-dealkylation sites (N-methyl/N-ethyl adjacent to an activating group) is 1. The van der Waals surface area contributed by atoms with Crippen LogP contribution in [0.4, 0.5) is 5.69 Å². The Morgan fingerprint density at radius 1 is 1.00 bits per heavy atom. The van der Waals surface area contributed by atoms with Crippen molar-refractivity contribution in [3.63, 3.8) is 0 Å². The number of halogens is 2. The van der Waals surface area contributed by atoms with E-state index in [9.17, 15) is 18.0 Å². The first kappa shape index (κ1) is 23.0. The molecule has 2 rings (SSSR count). The number of nitrogens with one attached hydrogen (secondary N) is 2. The second-order valence-electron chi connectivity index (χ2n) is 6.01. The molecule has 7 nitrogen and oxygen atoms in total. The molecule has 2 aromatic carbocycles. The summed E-state index contributed by atoms with van der Waals surface area (Å²) in [6, 6.07) is 9.96. The first-order valence-corrected chi connectivity index (χ1v) is 11.1. The minimum Gasteiger partial charge on any atom is -0.343 e. The Morgan fingerprint density at radius 3 is 2.21 bits per heavy atom. The summed E-state index contributed by atoms with van der Waals surface area (Å²) in [6.07, 6.45) is 0. The molecule has 0 bridgehead atoms. The summed E-state index contributed by atoms with van der Waals surface area (Å²) in [5, 5.41) is 2.92. The van der Waals surface area contributed by atoms with Gasteiger partial charge in [0.1, 0.15) is 4.90 Å². The molecule has 0 aliphatic rings. The van der Waals surface area contributed by atoms with Crippen LogP contribution in [-0.2, 0) is 14.8 Å². The molecule has 0 aliphatic heterocycles. The average Bonchev–Trinajstić information content (AvgIpc) is 2.69. The van der Waals surface area contributed by atoms with Gasteiger partial charge in [0.05, 0.1) is 11.6 Å². The molecule has 0 saturated heterocycles. The van der Waals surface area contributed by atoms with E-state index in [0.29, 0.717) is 23.8 Å². The summed E-state index contributed by atoms with van der Waals surface area (Å²) in [4.78, 5) is 25.7. The number of sulfonamides is 1. The Labute approximate surface area is 180 Å². The van der Waals surface area contributed by atoms with Gasteiger partial charge in [0.2, 0.25) is 5.91 Å². The molecular weight excluding hydrogens is 437 g/mol. The van der Waals surface area contributed by atoms with Crippen molar-refractivity contribution in [1.82, 2.24) is 10.2 Å². The van der Waals surface area contributed by atoms with Gasteiger partial charge in [-0.1, -0.05) is 23.2 Å². The molecule has 0 spiro atoms. The van der Waals surface area contributed by atoms with E-state index < -0.39 is 15.9 Å². The first-order valence-electron chi connectivity index (χ1n) is 8.81. The number of carbonyl (C=O) groups is 2. The molecule has 0 heterocycles. The lowest BCUT2D eigenvalue weighted by Crippen LogP contribution is -2.40. The molecule has 2 N–H and O–H groups in total. The zero-order valence-electron chi connectivity index (χ0n) is 15.9. The van der Waals surface area contributed by atoms with Gasteiger partial charge in [-0.3, -0.25) is 14.3 Å². The monoisotopic (exact) mass is 457 g/mol. The maximum Gasteiger partial charge on any atom is 0.263 e. The highest BCUT2D eigenvalue weighted by molar-refractivity contribution is 7.92. The van der Waals surface area contributed by atoms with Gasteiger partial charge in [-0.2, -0.15) is 0 Å². The highest BCUT2D eigenvalue weighted by atomic mass is 35.5. The third kappa shape index (κ3) is 6.09. The third-order valence-corrected chi connectivity index (χ3v) is 6.21. The fraction of sp³-hybridized carbons (Fsp3) is 0.263. The lowest BCUT2D eigenvalue weighted by molar-refractivity contribution is -0.129. The zero-order valence-corrected chi connectivity index (χ0v) is 18.2. The fourth-order valence-electron chi connectivity index (χ4n) is 2.52. The number of hydrogen-bond donors (Lipinski definition) is 2. The Hall–Kier alpha value is -2.29. The van der Waals surface area contributed by atoms with E-state index >= 15 is 0 Å². The Balaban J connectivity index is 2.19. The summed E-state index contributed by atoms with van der Waals surface area (Å²) in [5.41, 5.74) is 0.364. The van der Waals surface area contributed by atoms with Crippen LogP contribution in [-0.4, -0.2) is 44.8 Å². The van der Waals surface area contributed by atoms with E-state index in [2.05, 4.69) is 10.0 Å². The predicted molar refractivity (Wildman–Crippen MR) is 114 cm³/mol. The third-order valence-electron chi connectivity index (χ3n) is 4.10. The maximum absolute atomic E-state index is 12.7. The van der Waals surface area contributed by atoms with Crippen LogP contribution in [0.3, 0.4) is 0 Å². The highest BCUT2D eigenvalue weighted by Crippen LogP contribution is 2.25. The molecule has 2 amide bonds. The van der Waals surface area contributed by atoms with Crippen molar-refractivity contribution in [2.75, 3.05) is 24.4 Å². The van der Waals surface area contributed by atoms with Crippen molar-refractivity contribution in [2.45, 2.75) is 18.7 Å². The number of nitrogens with zero attached hydrogens (tertiary/aromatic N) is 1. The van der Waals surface area contributed by atoms with Gasteiger partial charge in [0.25, 0.3) is 15.9 Å². The van der Waals surface area contributed by atoms with Crippen LogP contribution in [0, 0.1) is 0 Å². The highest BCUT2D eigenvalue weighted by Gasteiger charge is 2.21. The number of benzene rings is 2. The molecule has 0 aromatic heterocycles. The average molecular weight is 458 g/mol. The van der Waals surface area contributed by atoms with Crippen molar-refractivity contribution in [3.8, 4) is 0 Å². The summed E-state index contributed by atoms with van der Waals surface area (Å²) in [7, 11) is -4.05. The van der Waals surface area contributed by atoms with E-state index in [1.807, 2.05) is 13.8 Å². The summed E-state index contributed by atoms with van der Waals surface area (Å²) in [6.45, 7) is 4.56. The summed E-state index contributed by atoms with van der Waals surface area (Å²) in [5.74, 6) is -0.806. The van der Waals surface area contributed by atoms with Crippen LogP contribution in [0.2, 0.25) is 10.0 Å². The van der Waals surface area contributed by atoms with Gasteiger partial charge >= 0.3 is 0 Å².